The zero-order valence-electron chi connectivity index (χ0n) is 9.68. The first-order valence-corrected chi connectivity index (χ1v) is 6.48. The highest BCUT2D eigenvalue weighted by Gasteiger charge is 2.32. The molecular weight excluding hydrogens is 289 g/mol. The van der Waals surface area contributed by atoms with E-state index in [2.05, 4.69) is 10.1 Å². The predicted octanol–water partition coefficient (Wildman–Crippen LogP) is 3.15. The minimum atomic E-state index is -1.16. The van der Waals surface area contributed by atoms with Gasteiger partial charge in [0.1, 0.15) is 11.5 Å². The van der Waals surface area contributed by atoms with Gasteiger partial charge in [0.2, 0.25) is 0 Å². The summed E-state index contributed by atoms with van der Waals surface area (Å²) in [4.78, 5) is 15.1. The first-order chi connectivity index (χ1) is 9.08. The van der Waals surface area contributed by atoms with Crippen LogP contribution in [0.1, 0.15) is 35.2 Å². The van der Waals surface area contributed by atoms with Crippen LogP contribution in [0.25, 0.3) is 5.69 Å². The van der Waals surface area contributed by atoms with E-state index in [1.807, 2.05) is 0 Å². The fourth-order valence-electron chi connectivity index (χ4n) is 1.88. The predicted molar refractivity (Wildman–Crippen MR) is 70.3 cm³/mol. The smallest absolute Gasteiger partial charge is 0.375 e. The van der Waals surface area contributed by atoms with Crippen LogP contribution in [0, 0.1) is 0 Å². The van der Waals surface area contributed by atoms with E-state index in [0.29, 0.717) is 21.6 Å². The summed E-state index contributed by atoms with van der Waals surface area (Å²) in [6, 6.07) is 5.09. The molecule has 7 heteroatoms. The molecule has 0 bridgehead atoms. The monoisotopic (exact) mass is 297 g/mol. The Morgan fingerprint density at radius 2 is 1.95 bits per heavy atom. The molecule has 1 aliphatic carbocycles. The largest absolute Gasteiger partial charge is 0.475 e. The molecule has 0 saturated heterocycles. The van der Waals surface area contributed by atoms with Gasteiger partial charge in [-0.1, -0.05) is 29.3 Å². The molecule has 5 nitrogen and oxygen atoms in total. The number of hydrogen-bond donors (Lipinski definition) is 1. The molecule has 0 radical (unpaired) electrons. The molecule has 0 spiro atoms. The Morgan fingerprint density at radius 3 is 2.47 bits per heavy atom. The lowest BCUT2D eigenvalue weighted by Gasteiger charge is -2.08. The summed E-state index contributed by atoms with van der Waals surface area (Å²) in [5.41, 5.74) is 0.479. The van der Waals surface area contributed by atoms with E-state index in [4.69, 9.17) is 28.3 Å². The van der Waals surface area contributed by atoms with Gasteiger partial charge in [-0.2, -0.15) is 0 Å². The van der Waals surface area contributed by atoms with Gasteiger partial charge < -0.3 is 5.11 Å². The minimum absolute atomic E-state index is 0.230. The Hall–Kier alpha value is -1.59. The first kappa shape index (κ1) is 12.4. The molecule has 1 N–H and O–H groups in total. The molecule has 1 saturated carbocycles. The summed E-state index contributed by atoms with van der Waals surface area (Å²) < 4.78 is 1.45. The molecule has 1 fully saturated rings. The number of carboxylic acids is 1. The average molecular weight is 298 g/mol. The zero-order chi connectivity index (χ0) is 13.6. The topological polar surface area (TPSA) is 68.0 Å². The molecule has 0 aliphatic heterocycles. The summed E-state index contributed by atoms with van der Waals surface area (Å²) in [5, 5.41) is 13.8. The fraction of sp³-hybridized carbons (Fsp3) is 0.250. The second kappa shape index (κ2) is 4.51. The van der Waals surface area contributed by atoms with Crippen molar-refractivity contribution in [3.05, 3.63) is 39.9 Å². The van der Waals surface area contributed by atoms with Crippen LogP contribution in [0.2, 0.25) is 10.0 Å². The molecule has 1 aliphatic rings. The van der Waals surface area contributed by atoms with E-state index < -0.39 is 5.97 Å². The van der Waals surface area contributed by atoms with Crippen LogP contribution >= 0.6 is 23.2 Å². The van der Waals surface area contributed by atoms with E-state index in [0.717, 1.165) is 12.8 Å². The van der Waals surface area contributed by atoms with Gasteiger partial charge in [0.15, 0.2) is 0 Å². The summed E-state index contributed by atoms with van der Waals surface area (Å²) in [6.07, 6.45) is 1.94. The Kier molecular flexibility index (Phi) is 2.95. The summed E-state index contributed by atoms with van der Waals surface area (Å²) >= 11 is 12.3. The third kappa shape index (κ3) is 2.19. The molecule has 1 heterocycles. The Bertz CT molecular complexity index is 645. The van der Waals surface area contributed by atoms with Gasteiger partial charge in [0, 0.05) is 5.92 Å². The van der Waals surface area contributed by atoms with Gasteiger partial charge in [0.25, 0.3) is 5.82 Å². The molecule has 98 valence electrons. The van der Waals surface area contributed by atoms with Crippen molar-refractivity contribution in [2.45, 2.75) is 18.8 Å². The number of aromatic nitrogens is 3. The van der Waals surface area contributed by atoms with Crippen molar-refractivity contribution in [1.82, 2.24) is 14.8 Å². The summed E-state index contributed by atoms with van der Waals surface area (Å²) in [6.45, 7) is 0. The van der Waals surface area contributed by atoms with Crippen LogP contribution in [0.4, 0.5) is 0 Å². The zero-order valence-corrected chi connectivity index (χ0v) is 11.2. The maximum Gasteiger partial charge on any atom is 0.375 e. The molecule has 0 amide bonds. The fourth-order valence-corrected chi connectivity index (χ4v) is 2.43. The van der Waals surface area contributed by atoms with Crippen molar-refractivity contribution >= 4 is 29.2 Å². The van der Waals surface area contributed by atoms with Crippen molar-refractivity contribution in [2.24, 2.45) is 0 Å². The second-order valence-corrected chi connectivity index (χ2v) is 5.17. The Labute approximate surface area is 118 Å². The van der Waals surface area contributed by atoms with E-state index in [1.54, 1.807) is 18.2 Å². The van der Waals surface area contributed by atoms with Crippen molar-refractivity contribution < 1.29 is 9.90 Å². The lowest BCUT2D eigenvalue weighted by molar-refractivity contribution is 0.0683. The van der Waals surface area contributed by atoms with Crippen LogP contribution in [0.5, 0.6) is 0 Å². The van der Waals surface area contributed by atoms with Gasteiger partial charge in [-0.15, -0.1) is 5.10 Å². The summed E-state index contributed by atoms with van der Waals surface area (Å²) in [5.74, 6) is -0.568. The molecule has 1 aromatic carbocycles. The quantitative estimate of drug-likeness (QED) is 0.945. The van der Waals surface area contributed by atoms with Gasteiger partial charge in [-0.3, -0.25) is 0 Å². The number of halogens is 2. The molecule has 19 heavy (non-hydrogen) atoms. The Morgan fingerprint density at radius 1 is 1.32 bits per heavy atom. The number of benzene rings is 1. The first-order valence-electron chi connectivity index (χ1n) is 5.72. The molecule has 3 rings (SSSR count). The lowest BCUT2D eigenvalue weighted by Crippen LogP contribution is -2.04. The second-order valence-electron chi connectivity index (χ2n) is 4.36. The minimum Gasteiger partial charge on any atom is -0.475 e. The third-order valence-electron chi connectivity index (χ3n) is 2.92. The molecule has 0 unspecified atom stereocenters. The third-order valence-corrected chi connectivity index (χ3v) is 3.53. The highest BCUT2D eigenvalue weighted by Crippen LogP contribution is 2.41. The summed E-state index contributed by atoms with van der Waals surface area (Å²) in [7, 11) is 0. The average Bonchev–Trinajstić information content (AvgIpc) is 3.10. The van der Waals surface area contributed by atoms with Crippen molar-refractivity contribution in [1.29, 1.82) is 0 Å². The normalized spacial score (nSPS) is 14.6. The van der Waals surface area contributed by atoms with Crippen LogP contribution in [0.3, 0.4) is 0 Å². The molecule has 2 aromatic rings. The van der Waals surface area contributed by atoms with Crippen LogP contribution in [-0.2, 0) is 0 Å². The van der Waals surface area contributed by atoms with Gasteiger partial charge in [0.05, 0.1) is 10.0 Å². The van der Waals surface area contributed by atoms with Gasteiger partial charge in [-0.05, 0) is 25.0 Å². The number of para-hydroxylation sites is 1. The van der Waals surface area contributed by atoms with E-state index in [9.17, 15) is 4.79 Å². The highest BCUT2D eigenvalue weighted by molar-refractivity contribution is 6.37. The van der Waals surface area contributed by atoms with Crippen LogP contribution < -0.4 is 0 Å². The van der Waals surface area contributed by atoms with Crippen molar-refractivity contribution in [2.75, 3.05) is 0 Å². The van der Waals surface area contributed by atoms with Crippen molar-refractivity contribution in [3.63, 3.8) is 0 Å². The number of hydrogen-bond acceptors (Lipinski definition) is 3. The maximum atomic E-state index is 11.0. The van der Waals surface area contributed by atoms with Crippen molar-refractivity contribution in [3.8, 4) is 5.69 Å². The Balaban J connectivity index is 2.21. The number of carbonyl (C=O) groups is 1. The number of carboxylic acid groups (broad SMARTS) is 1. The lowest BCUT2D eigenvalue weighted by atomic mass is 10.3. The van der Waals surface area contributed by atoms with E-state index in [-0.39, 0.29) is 11.7 Å². The standard InChI is InChI=1S/C12H9Cl2N3O2/c13-7-2-1-3-8(14)9(7)17-11(6-4-5-6)15-10(16-17)12(18)19/h1-3,6H,4-5H2,(H,18,19). The maximum absolute atomic E-state index is 11.0. The van der Waals surface area contributed by atoms with Gasteiger partial charge >= 0.3 is 5.97 Å². The van der Waals surface area contributed by atoms with Crippen LogP contribution in [-0.4, -0.2) is 25.8 Å². The van der Waals surface area contributed by atoms with E-state index >= 15 is 0 Å². The van der Waals surface area contributed by atoms with Crippen LogP contribution in [0.15, 0.2) is 18.2 Å². The highest BCUT2D eigenvalue weighted by atomic mass is 35.5. The molecule has 0 atom stereocenters. The molecule has 1 aromatic heterocycles. The number of aromatic carboxylic acids is 1. The van der Waals surface area contributed by atoms with E-state index in [1.165, 1.54) is 4.68 Å². The number of nitrogens with zero attached hydrogens (tertiary/aromatic N) is 3. The molecular formula is C12H9Cl2N3O2. The number of rotatable bonds is 3. The SMILES string of the molecule is O=C(O)c1nc(C2CC2)n(-c2c(Cl)cccc2Cl)n1. The van der Waals surface area contributed by atoms with Gasteiger partial charge in [-0.25, -0.2) is 14.5 Å².